The van der Waals surface area contributed by atoms with Gasteiger partial charge in [0.15, 0.2) is 0 Å². The van der Waals surface area contributed by atoms with Gasteiger partial charge in [-0.3, -0.25) is 4.79 Å². The van der Waals surface area contributed by atoms with E-state index in [4.69, 9.17) is 5.73 Å². The van der Waals surface area contributed by atoms with Crippen molar-refractivity contribution in [2.24, 2.45) is 5.73 Å². The summed E-state index contributed by atoms with van der Waals surface area (Å²) >= 11 is 0. The minimum atomic E-state index is -0.882. The van der Waals surface area contributed by atoms with Crippen LogP contribution < -0.4 is 5.73 Å². The lowest BCUT2D eigenvalue weighted by Gasteiger charge is -2.21. The second-order valence-electron chi connectivity index (χ2n) is 6.41. The number of carboxylic acid groups (broad SMARTS) is 1. The summed E-state index contributed by atoms with van der Waals surface area (Å²) in [6.45, 7) is 0.571. The van der Waals surface area contributed by atoms with Crippen LogP contribution in [0.25, 0.3) is 22.4 Å². The average molecular weight is 350 g/mol. The Bertz CT molecular complexity index is 994. The Morgan fingerprint density at radius 1 is 1.19 bits per heavy atom. The SMILES string of the molecule is NC(=O)c1cccc2[nH]c(-c3ccc(C4CCCN4C(=O)O)cc3)nc12. The van der Waals surface area contributed by atoms with E-state index >= 15 is 0 Å². The van der Waals surface area contributed by atoms with Crippen molar-refractivity contribution in [3.63, 3.8) is 0 Å². The molecule has 4 rings (SSSR count). The fraction of sp³-hybridized carbons (Fsp3) is 0.211. The maximum Gasteiger partial charge on any atom is 0.407 e. The van der Waals surface area contributed by atoms with E-state index in [1.807, 2.05) is 30.3 Å². The summed E-state index contributed by atoms with van der Waals surface area (Å²) in [6, 6.07) is 12.8. The van der Waals surface area contributed by atoms with Crippen molar-refractivity contribution in [2.45, 2.75) is 18.9 Å². The minimum Gasteiger partial charge on any atom is -0.465 e. The van der Waals surface area contributed by atoms with Crippen molar-refractivity contribution in [2.75, 3.05) is 6.54 Å². The number of carbonyl (C=O) groups excluding carboxylic acids is 1. The van der Waals surface area contributed by atoms with E-state index < -0.39 is 12.0 Å². The fourth-order valence-corrected chi connectivity index (χ4v) is 3.57. The van der Waals surface area contributed by atoms with Gasteiger partial charge in [-0.1, -0.05) is 30.3 Å². The van der Waals surface area contributed by atoms with Crippen LogP contribution in [0.15, 0.2) is 42.5 Å². The third-order valence-electron chi connectivity index (χ3n) is 4.85. The number of nitrogens with one attached hydrogen (secondary N) is 1. The highest BCUT2D eigenvalue weighted by Crippen LogP contribution is 2.33. The predicted molar refractivity (Wildman–Crippen MR) is 96.8 cm³/mol. The highest BCUT2D eigenvalue weighted by Gasteiger charge is 2.29. The van der Waals surface area contributed by atoms with E-state index in [0.717, 1.165) is 29.5 Å². The number of imidazole rings is 1. The summed E-state index contributed by atoms with van der Waals surface area (Å²) in [6.07, 6.45) is 0.823. The van der Waals surface area contributed by atoms with Gasteiger partial charge >= 0.3 is 6.09 Å². The van der Waals surface area contributed by atoms with E-state index in [2.05, 4.69) is 9.97 Å². The molecule has 0 spiro atoms. The van der Waals surface area contributed by atoms with E-state index in [1.54, 1.807) is 12.1 Å². The van der Waals surface area contributed by atoms with Crippen molar-refractivity contribution < 1.29 is 14.7 Å². The number of likely N-dealkylation sites (tertiary alicyclic amines) is 1. The number of hydrogen-bond acceptors (Lipinski definition) is 3. The quantitative estimate of drug-likeness (QED) is 0.673. The lowest BCUT2D eigenvalue weighted by atomic mass is 10.0. The zero-order chi connectivity index (χ0) is 18.3. The average Bonchev–Trinajstić information content (AvgIpc) is 3.28. The first-order chi connectivity index (χ1) is 12.5. The topological polar surface area (TPSA) is 112 Å². The Balaban J connectivity index is 1.67. The fourth-order valence-electron chi connectivity index (χ4n) is 3.57. The number of primary amides is 1. The molecule has 1 unspecified atom stereocenters. The summed E-state index contributed by atoms with van der Waals surface area (Å²) in [5.74, 6) is 0.126. The molecule has 0 saturated carbocycles. The number of carbonyl (C=O) groups is 2. The van der Waals surface area contributed by atoms with Crippen LogP contribution in [0.5, 0.6) is 0 Å². The molecule has 1 aromatic heterocycles. The Morgan fingerprint density at radius 3 is 2.65 bits per heavy atom. The lowest BCUT2D eigenvalue weighted by Crippen LogP contribution is -2.28. The van der Waals surface area contributed by atoms with Gasteiger partial charge in [0.05, 0.1) is 17.1 Å². The van der Waals surface area contributed by atoms with Crippen LogP contribution in [0.1, 0.15) is 34.8 Å². The minimum absolute atomic E-state index is 0.0984. The van der Waals surface area contributed by atoms with Gasteiger partial charge in [0, 0.05) is 12.1 Å². The number of aromatic nitrogens is 2. The Hall–Kier alpha value is -3.35. The second-order valence-corrected chi connectivity index (χ2v) is 6.41. The molecule has 7 nitrogen and oxygen atoms in total. The van der Waals surface area contributed by atoms with Gasteiger partial charge in [-0.15, -0.1) is 0 Å². The summed E-state index contributed by atoms with van der Waals surface area (Å²) < 4.78 is 0. The number of amides is 2. The molecule has 0 radical (unpaired) electrons. The van der Waals surface area contributed by atoms with Crippen molar-refractivity contribution in [1.82, 2.24) is 14.9 Å². The van der Waals surface area contributed by atoms with Crippen LogP contribution in [0.3, 0.4) is 0 Å². The molecule has 2 amide bonds. The molecule has 1 atom stereocenters. The summed E-state index contributed by atoms with van der Waals surface area (Å²) in [5, 5.41) is 9.30. The van der Waals surface area contributed by atoms with E-state index in [9.17, 15) is 14.7 Å². The Labute approximate surface area is 149 Å². The molecular weight excluding hydrogens is 332 g/mol. The number of rotatable bonds is 3. The van der Waals surface area contributed by atoms with Gasteiger partial charge in [-0.2, -0.15) is 0 Å². The zero-order valence-electron chi connectivity index (χ0n) is 14.0. The standard InChI is InChI=1S/C19H18N4O3/c20-17(24)13-3-1-4-14-16(13)22-18(21-14)12-8-6-11(7-9-12)15-5-2-10-23(15)19(25)26/h1,3-4,6-9,15H,2,5,10H2,(H2,20,24)(H,21,22)(H,25,26). The lowest BCUT2D eigenvalue weighted by molar-refractivity contribution is 0.100. The molecule has 2 aromatic carbocycles. The Kier molecular flexibility index (Phi) is 3.84. The van der Waals surface area contributed by atoms with Crippen molar-refractivity contribution in [3.8, 4) is 11.4 Å². The van der Waals surface area contributed by atoms with Gasteiger partial charge in [0.2, 0.25) is 0 Å². The van der Waals surface area contributed by atoms with Crippen LogP contribution in [-0.4, -0.2) is 38.5 Å². The third-order valence-corrected chi connectivity index (χ3v) is 4.85. The Morgan fingerprint density at radius 2 is 1.96 bits per heavy atom. The van der Waals surface area contributed by atoms with Gasteiger partial charge in [-0.05, 0) is 30.5 Å². The normalized spacial score (nSPS) is 16.9. The van der Waals surface area contributed by atoms with Gasteiger partial charge in [-0.25, -0.2) is 9.78 Å². The van der Waals surface area contributed by atoms with Crippen LogP contribution in [0.4, 0.5) is 4.79 Å². The number of benzene rings is 2. The second kappa shape index (κ2) is 6.18. The molecule has 0 aliphatic carbocycles. The largest absolute Gasteiger partial charge is 0.465 e. The molecule has 0 bridgehead atoms. The molecule has 132 valence electrons. The first-order valence-electron chi connectivity index (χ1n) is 8.43. The first-order valence-corrected chi connectivity index (χ1v) is 8.43. The molecule has 7 heteroatoms. The van der Waals surface area contributed by atoms with Crippen molar-refractivity contribution in [3.05, 3.63) is 53.6 Å². The monoisotopic (exact) mass is 350 g/mol. The van der Waals surface area contributed by atoms with Crippen LogP contribution in [0.2, 0.25) is 0 Å². The van der Waals surface area contributed by atoms with Crippen molar-refractivity contribution in [1.29, 1.82) is 0 Å². The molecule has 1 saturated heterocycles. The van der Waals surface area contributed by atoms with E-state index in [0.29, 0.717) is 23.4 Å². The molecule has 26 heavy (non-hydrogen) atoms. The van der Waals surface area contributed by atoms with Gasteiger partial charge < -0.3 is 20.7 Å². The molecule has 2 heterocycles. The number of para-hydroxylation sites is 1. The molecule has 1 aliphatic rings. The summed E-state index contributed by atoms with van der Waals surface area (Å²) in [5.41, 5.74) is 8.92. The molecule has 4 N–H and O–H groups in total. The van der Waals surface area contributed by atoms with Crippen LogP contribution >= 0.6 is 0 Å². The van der Waals surface area contributed by atoms with Crippen molar-refractivity contribution >= 4 is 23.0 Å². The van der Waals surface area contributed by atoms with E-state index in [1.165, 1.54) is 4.90 Å². The number of H-pyrrole nitrogens is 1. The maximum atomic E-state index is 11.6. The smallest absolute Gasteiger partial charge is 0.407 e. The zero-order valence-corrected chi connectivity index (χ0v) is 14.0. The first kappa shape index (κ1) is 16.1. The summed E-state index contributed by atoms with van der Waals surface area (Å²) in [4.78, 5) is 32.1. The molecule has 3 aromatic rings. The molecular formula is C19H18N4O3. The number of nitrogens with zero attached hydrogens (tertiary/aromatic N) is 2. The number of aromatic amines is 1. The number of nitrogens with two attached hydrogens (primary N) is 1. The van der Waals surface area contributed by atoms with Crippen LogP contribution in [0, 0.1) is 0 Å². The number of hydrogen-bond donors (Lipinski definition) is 3. The highest BCUT2D eigenvalue weighted by molar-refractivity contribution is 6.04. The molecule has 1 aliphatic heterocycles. The molecule has 1 fully saturated rings. The summed E-state index contributed by atoms with van der Waals surface area (Å²) in [7, 11) is 0. The predicted octanol–water partition coefficient (Wildman–Crippen LogP) is 3.14. The van der Waals surface area contributed by atoms with Gasteiger partial charge in [0.1, 0.15) is 11.3 Å². The van der Waals surface area contributed by atoms with Gasteiger partial charge in [0.25, 0.3) is 5.91 Å². The third kappa shape index (κ3) is 2.67. The van der Waals surface area contributed by atoms with E-state index in [-0.39, 0.29) is 6.04 Å². The highest BCUT2D eigenvalue weighted by atomic mass is 16.4. The maximum absolute atomic E-state index is 11.6. The number of fused-ring (bicyclic) bond motifs is 1. The van der Waals surface area contributed by atoms with Crippen LogP contribution in [-0.2, 0) is 0 Å².